The first-order valence-electron chi connectivity index (χ1n) is 4.92. The second-order valence-electron chi connectivity index (χ2n) is 3.62. The summed E-state index contributed by atoms with van der Waals surface area (Å²) in [6.07, 6.45) is 0. The third-order valence-electron chi connectivity index (χ3n) is 2.10. The largest absolute Gasteiger partial charge is 0.267 e. The van der Waals surface area contributed by atoms with Crippen molar-refractivity contribution in [1.82, 2.24) is 10.2 Å². The highest BCUT2D eigenvalue weighted by Gasteiger charge is 2.24. The van der Waals surface area contributed by atoms with E-state index in [9.17, 15) is 16.8 Å². The van der Waals surface area contributed by atoms with Gasteiger partial charge in [0, 0.05) is 0 Å². The van der Waals surface area contributed by atoms with E-state index in [1.165, 1.54) is 0 Å². The lowest BCUT2D eigenvalue weighted by molar-refractivity contribution is 0.589. The van der Waals surface area contributed by atoms with Crippen molar-refractivity contribution in [2.45, 2.75) is 14.4 Å². The third-order valence-corrected chi connectivity index (χ3v) is 6.46. The molecular weight excluding hydrogens is 310 g/mol. The number of rotatable bonds is 4. The van der Waals surface area contributed by atoms with Crippen LogP contribution in [0.15, 0.2) is 39.0 Å². The van der Waals surface area contributed by atoms with Crippen molar-refractivity contribution in [3.8, 4) is 0 Å². The van der Waals surface area contributed by atoms with E-state index in [1.807, 2.05) is 0 Å². The Labute approximate surface area is 114 Å². The Balaban J connectivity index is 2.33. The fourth-order valence-electron chi connectivity index (χ4n) is 1.29. The predicted octanol–water partition coefficient (Wildman–Crippen LogP) is 0.159. The van der Waals surface area contributed by atoms with Crippen LogP contribution in [0.3, 0.4) is 0 Å². The van der Waals surface area contributed by atoms with E-state index in [0.29, 0.717) is 16.9 Å². The van der Waals surface area contributed by atoms with Crippen LogP contribution in [-0.2, 0) is 25.6 Å². The summed E-state index contributed by atoms with van der Waals surface area (Å²) in [6.45, 7) is 0. The van der Waals surface area contributed by atoms with Crippen LogP contribution in [0.1, 0.15) is 5.56 Å². The average molecular weight is 319 g/mol. The summed E-state index contributed by atoms with van der Waals surface area (Å²) in [7, 11) is -7.76. The maximum absolute atomic E-state index is 12.0. The number of nitrogens with zero attached hydrogens (tertiary/aromatic N) is 2. The molecule has 0 aliphatic carbocycles. The van der Waals surface area contributed by atoms with Gasteiger partial charge in [-0.3, -0.25) is 0 Å². The molecule has 1 heterocycles. The molecular formula is C9H9N3O4S3. The van der Waals surface area contributed by atoms with Crippen molar-refractivity contribution in [3.05, 3.63) is 35.9 Å². The minimum atomic E-state index is -4.03. The lowest BCUT2D eigenvalue weighted by Crippen LogP contribution is -2.11. The summed E-state index contributed by atoms with van der Waals surface area (Å²) in [4.78, 5) is 0. The highest BCUT2D eigenvalue weighted by Crippen LogP contribution is 2.22. The normalized spacial score (nSPS) is 12.5. The molecule has 0 saturated carbocycles. The number of hydrogen-bond acceptors (Lipinski definition) is 7. The predicted molar refractivity (Wildman–Crippen MR) is 68.6 cm³/mol. The first kappa shape index (κ1) is 14.1. The number of sulfone groups is 1. The van der Waals surface area contributed by atoms with Gasteiger partial charge < -0.3 is 0 Å². The maximum atomic E-state index is 12.0. The maximum Gasteiger partial charge on any atom is 0.267 e. The van der Waals surface area contributed by atoms with Crippen LogP contribution in [0.2, 0.25) is 0 Å². The Hall–Kier alpha value is -1.36. The molecule has 0 radical (unpaired) electrons. The molecule has 10 heteroatoms. The Morgan fingerprint density at radius 1 is 1.00 bits per heavy atom. The Bertz CT molecular complexity index is 781. The zero-order chi connectivity index (χ0) is 14.1. The number of nitrogens with two attached hydrogens (primary N) is 1. The smallest absolute Gasteiger partial charge is 0.223 e. The van der Waals surface area contributed by atoms with Gasteiger partial charge in [-0.15, -0.1) is 10.2 Å². The number of benzene rings is 1. The van der Waals surface area contributed by atoms with Gasteiger partial charge in [-0.1, -0.05) is 41.7 Å². The van der Waals surface area contributed by atoms with E-state index < -0.39 is 24.2 Å². The summed E-state index contributed by atoms with van der Waals surface area (Å²) >= 11 is 0.443. The average Bonchev–Trinajstić information content (AvgIpc) is 2.79. The van der Waals surface area contributed by atoms with E-state index in [-0.39, 0.29) is 10.1 Å². The molecule has 19 heavy (non-hydrogen) atoms. The van der Waals surface area contributed by atoms with Gasteiger partial charge in [0.2, 0.25) is 18.5 Å². The van der Waals surface area contributed by atoms with Crippen molar-refractivity contribution >= 4 is 31.2 Å². The zero-order valence-corrected chi connectivity index (χ0v) is 11.9. The molecule has 1 aromatic carbocycles. The van der Waals surface area contributed by atoms with E-state index in [1.54, 1.807) is 30.3 Å². The van der Waals surface area contributed by atoms with Crippen LogP contribution in [0.4, 0.5) is 0 Å². The fourth-order valence-corrected chi connectivity index (χ4v) is 4.46. The first-order valence-corrected chi connectivity index (χ1v) is 8.93. The number of hydrogen-bond donors (Lipinski definition) is 1. The van der Waals surface area contributed by atoms with E-state index in [2.05, 4.69) is 10.2 Å². The van der Waals surface area contributed by atoms with Crippen molar-refractivity contribution in [2.24, 2.45) is 5.14 Å². The van der Waals surface area contributed by atoms with Gasteiger partial charge in [0.15, 0.2) is 0 Å². The van der Waals surface area contributed by atoms with Gasteiger partial charge in [-0.25, -0.2) is 22.0 Å². The van der Waals surface area contributed by atoms with Gasteiger partial charge in [-0.05, 0) is 5.56 Å². The van der Waals surface area contributed by atoms with Crippen LogP contribution in [-0.4, -0.2) is 27.0 Å². The molecule has 0 spiro atoms. The monoisotopic (exact) mass is 319 g/mol. The molecule has 0 atom stereocenters. The minimum absolute atomic E-state index is 0.271. The quantitative estimate of drug-likeness (QED) is 0.857. The van der Waals surface area contributed by atoms with Gasteiger partial charge in [0.25, 0.3) is 10.0 Å². The number of aromatic nitrogens is 2. The van der Waals surface area contributed by atoms with Crippen LogP contribution in [0.25, 0.3) is 0 Å². The second-order valence-corrected chi connectivity index (χ2v) is 8.50. The van der Waals surface area contributed by atoms with Crippen LogP contribution in [0, 0.1) is 0 Å². The van der Waals surface area contributed by atoms with Crippen LogP contribution >= 0.6 is 11.3 Å². The lowest BCUT2D eigenvalue weighted by Gasteiger charge is -1.99. The number of primary sulfonamides is 1. The molecule has 0 fully saturated rings. The standard InChI is InChI=1S/C9H9N3O4S3/c10-19(15,16)9-12-11-8(17-9)18(13,14)6-7-4-2-1-3-5-7/h1-5H,6H2,(H2,10,15,16). The molecule has 0 aliphatic heterocycles. The lowest BCUT2D eigenvalue weighted by atomic mass is 10.2. The van der Waals surface area contributed by atoms with Gasteiger partial charge in [0.1, 0.15) is 0 Å². The fraction of sp³-hybridized carbons (Fsp3) is 0.111. The van der Waals surface area contributed by atoms with Gasteiger partial charge >= 0.3 is 0 Å². The highest BCUT2D eigenvalue weighted by atomic mass is 32.3. The van der Waals surface area contributed by atoms with Gasteiger partial charge in [0.05, 0.1) is 5.75 Å². The van der Waals surface area contributed by atoms with Crippen LogP contribution < -0.4 is 5.14 Å². The molecule has 0 aliphatic rings. The Kier molecular flexibility index (Phi) is 3.67. The topological polar surface area (TPSA) is 120 Å². The third kappa shape index (κ3) is 3.35. The molecule has 0 unspecified atom stereocenters. The molecule has 2 N–H and O–H groups in total. The summed E-state index contributed by atoms with van der Waals surface area (Å²) in [5.74, 6) is -0.271. The summed E-state index contributed by atoms with van der Waals surface area (Å²) in [5.41, 5.74) is 0.579. The molecule has 7 nitrogen and oxygen atoms in total. The minimum Gasteiger partial charge on any atom is -0.223 e. The Morgan fingerprint density at radius 2 is 1.58 bits per heavy atom. The van der Waals surface area contributed by atoms with Crippen molar-refractivity contribution in [3.63, 3.8) is 0 Å². The van der Waals surface area contributed by atoms with E-state index in [0.717, 1.165) is 0 Å². The molecule has 0 bridgehead atoms. The SMILES string of the molecule is NS(=O)(=O)c1nnc(S(=O)(=O)Cc2ccccc2)s1. The van der Waals surface area contributed by atoms with Crippen molar-refractivity contribution in [2.75, 3.05) is 0 Å². The highest BCUT2D eigenvalue weighted by molar-refractivity contribution is 7.94. The molecule has 102 valence electrons. The number of sulfonamides is 1. The van der Waals surface area contributed by atoms with E-state index >= 15 is 0 Å². The summed E-state index contributed by atoms with van der Waals surface area (Å²) in [5, 5.41) is 11.5. The molecule has 2 aromatic rings. The second kappa shape index (κ2) is 4.96. The Morgan fingerprint density at radius 3 is 2.11 bits per heavy atom. The molecule has 0 amide bonds. The molecule has 1 aromatic heterocycles. The first-order chi connectivity index (χ1) is 8.79. The molecule has 0 saturated heterocycles. The summed E-state index contributed by atoms with van der Waals surface area (Å²) < 4.78 is 45.2. The van der Waals surface area contributed by atoms with Gasteiger partial charge in [-0.2, -0.15) is 0 Å². The van der Waals surface area contributed by atoms with Crippen LogP contribution in [0.5, 0.6) is 0 Å². The van der Waals surface area contributed by atoms with Crippen molar-refractivity contribution < 1.29 is 16.8 Å². The van der Waals surface area contributed by atoms with E-state index in [4.69, 9.17) is 5.14 Å². The zero-order valence-electron chi connectivity index (χ0n) is 9.42. The summed E-state index contributed by atoms with van der Waals surface area (Å²) in [6, 6.07) is 8.49. The van der Waals surface area contributed by atoms with Crippen molar-refractivity contribution in [1.29, 1.82) is 0 Å². The molecule has 2 rings (SSSR count).